The van der Waals surface area contributed by atoms with Gasteiger partial charge in [-0.25, -0.2) is 9.97 Å². The summed E-state index contributed by atoms with van der Waals surface area (Å²) in [6.45, 7) is 0. The Labute approximate surface area is 116 Å². The first-order chi connectivity index (χ1) is 9.13. The predicted octanol–water partition coefficient (Wildman–Crippen LogP) is 3.34. The van der Waals surface area contributed by atoms with Gasteiger partial charge in [-0.2, -0.15) is 0 Å². The fourth-order valence-corrected chi connectivity index (χ4v) is 2.00. The maximum Gasteiger partial charge on any atom is 0.180 e. The molecule has 3 rings (SSSR count). The van der Waals surface area contributed by atoms with E-state index in [1.54, 1.807) is 0 Å². The minimum absolute atomic E-state index is 0.716. The van der Waals surface area contributed by atoms with Gasteiger partial charge in [0.1, 0.15) is 11.6 Å². The van der Waals surface area contributed by atoms with Crippen LogP contribution >= 0.6 is 11.6 Å². The number of anilines is 1. The molecule has 4 nitrogen and oxygen atoms in total. The van der Waals surface area contributed by atoms with Gasteiger partial charge in [-0.1, -0.05) is 11.6 Å². The van der Waals surface area contributed by atoms with Gasteiger partial charge in [0.05, 0.1) is 5.52 Å². The molecule has 3 aromatic rings. The third-order valence-electron chi connectivity index (χ3n) is 2.91. The van der Waals surface area contributed by atoms with Crippen molar-refractivity contribution < 1.29 is 0 Å². The van der Waals surface area contributed by atoms with E-state index in [-0.39, 0.29) is 0 Å². The summed E-state index contributed by atoms with van der Waals surface area (Å²) in [4.78, 5) is 14.2. The zero-order valence-corrected chi connectivity index (χ0v) is 11.4. The highest BCUT2D eigenvalue weighted by Crippen LogP contribution is 2.22. The van der Waals surface area contributed by atoms with Crippen LogP contribution in [0.3, 0.4) is 0 Å². The quantitative estimate of drug-likeness (QED) is 0.778. The Bertz CT molecular complexity index is 716. The van der Waals surface area contributed by atoms with Crippen LogP contribution in [-0.4, -0.2) is 29.0 Å². The molecule has 0 saturated heterocycles. The average molecular weight is 273 g/mol. The fraction of sp³-hybridized carbons (Fsp3) is 0.143. The van der Waals surface area contributed by atoms with Crippen molar-refractivity contribution in [3.63, 3.8) is 0 Å². The third-order valence-corrected chi connectivity index (χ3v) is 3.16. The van der Waals surface area contributed by atoms with Crippen LogP contribution in [0.4, 0.5) is 5.82 Å². The van der Waals surface area contributed by atoms with E-state index in [2.05, 4.69) is 15.0 Å². The first-order valence-electron chi connectivity index (χ1n) is 5.93. The lowest BCUT2D eigenvalue weighted by molar-refractivity contribution is 1.08. The number of fused-ring (bicyclic) bond motifs is 1. The Morgan fingerprint density at radius 2 is 1.74 bits per heavy atom. The van der Waals surface area contributed by atoms with Crippen LogP contribution in [0.1, 0.15) is 0 Å². The van der Waals surface area contributed by atoms with Gasteiger partial charge < -0.3 is 9.88 Å². The van der Waals surface area contributed by atoms with Crippen LogP contribution < -0.4 is 4.90 Å². The monoisotopic (exact) mass is 272 g/mol. The molecular formula is C14H13ClN4. The van der Waals surface area contributed by atoms with E-state index in [4.69, 9.17) is 11.6 Å². The summed E-state index contributed by atoms with van der Waals surface area (Å²) < 4.78 is 0. The van der Waals surface area contributed by atoms with Crippen molar-refractivity contribution in [2.75, 3.05) is 19.0 Å². The van der Waals surface area contributed by atoms with Crippen molar-refractivity contribution in [3.8, 4) is 11.4 Å². The molecule has 19 heavy (non-hydrogen) atoms. The second-order valence-corrected chi connectivity index (χ2v) is 4.96. The molecule has 0 amide bonds. The van der Waals surface area contributed by atoms with Crippen LogP contribution in [-0.2, 0) is 0 Å². The van der Waals surface area contributed by atoms with Gasteiger partial charge in [0.15, 0.2) is 5.65 Å². The highest BCUT2D eigenvalue weighted by atomic mass is 35.5. The highest BCUT2D eigenvalue weighted by molar-refractivity contribution is 6.30. The number of hydrogen-bond acceptors (Lipinski definition) is 3. The topological polar surface area (TPSA) is 44.8 Å². The number of pyridine rings is 1. The first-order valence-corrected chi connectivity index (χ1v) is 6.31. The molecule has 0 atom stereocenters. The minimum atomic E-state index is 0.716. The lowest BCUT2D eigenvalue weighted by Gasteiger charge is -2.09. The third kappa shape index (κ3) is 2.27. The van der Waals surface area contributed by atoms with Gasteiger partial charge in [0.25, 0.3) is 0 Å². The molecule has 0 fully saturated rings. The molecule has 5 heteroatoms. The molecule has 2 heterocycles. The van der Waals surface area contributed by atoms with E-state index >= 15 is 0 Å². The molecule has 1 aromatic carbocycles. The molecule has 0 aliphatic heterocycles. The Morgan fingerprint density at radius 3 is 2.42 bits per heavy atom. The molecule has 0 radical (unpaired) electrons. The summed E-state index contributed by atoms with van der Waals surface area (Å²) in [5.41, 5.74) is 2.64. The van der Waals surface area contributed by atoms with E-state index in [0.717, 1.165) is 28.4 Å². The second kappa shape index (κ2) is 4.55. The van der Waals surface area contributed by atoms with Gasteiger partial charge >= 0.3 is 0 Å². The van der Waals surface area contributed by atoms with E-state index in [9.17, 15) is 0 Å². The van der Waals surface area contributed by atoms with Crippen LogP contribution in [0.5, 0.6) is 0 Å². The van der Waals surface area contributed by atoms with Crippen molar-refractivity contribution in [2.24, 2.45) is 0 Å². The van der Waals surface area contributed by atoms with Crippen LogP contribution in [0.25, 0.3) is 22.6 Å². The fourth-order valence-electron chi connectivity index (χ4n) is 1.88. The van der Waals surface area contributed by atoms with Gasteiger partial charge in [-0.3, -0.25) is 0 Å². The maximum atomic E-state index is 5.88. The van der Waals surface area contributed by atoms with Crippen molar-refractivity contribution in [2.45, 2.75) is 0 Å². The Hall–Kier alpha value is -2.07. The van der Waals surface area contributed by atoms with E-state index in [0.29, 0.717) is 5.02 Å². The largest absolute Gasteiger partial charge is 0.363 e. The number of benzene rings is 1. The smallest absolute Gasteiger partial charge is 0.180 e. The van der Waals surface area contributed by atoms with Crippen LogP contribution in [0.2, 0.25) is 5.02 Å². The number of nitrogens with zero attached hydrogens (tertiary/aromatic N) is 3. The van der Waals surface area contributed by atoms with Crippen molar-refractivity contribution in [1.29, 1.82) is 0 Å². The molecule has 0 aliphatic carbocycles. The minimum Gasteiger partial charge on any atom is -0.363 e. The maximum absolute atomic E-state index is 5.88. The summed E-state index contributed by atoms with van der Waals surface area (Å²) in [5, 5.41) is 0.716. The predicted molar refractivity (Wildman–Crippen MR) is 78.7 cm³/mol. The number of aromatic amines is 1. The van der Waals surface area contributed by atoms with E-state index < -0.39 is 0 Å². The Kier molecular flexibility index (Phi) is 2.87. The molecule has 0 bridgehead atoms. The van der Waals surface area contributed by atoms with E-state index in [1.165, 1.54) is 0 Å². The molecule has 0 saturated carbocycles. The number of rotatable bonds is 2. The number of hydrogen-bond donors (Lipinski definition) is 1. The summed E-state index contributed by atoms with van der Waals surface area (Å²) in [7, 11) is 3.92. The zero-order valence-electron chi connectivity index (χ0n) is 10.7. The number of nitrogens with one attached hydrogen (secondary N) is 1. The van der Waals surface area contributed by atoms with E-state index in [1.807, 2.05) is 55.4 Å². The number of imidazole rings is 1. The van der Waals surface area contributed by atoms with Gasteiger partial charge in [-0.05, 0) is 36.4 Å². The molecule has 1 N–H and O–H groups in total. The van der Waals surface area contributed by atoms with Gasteiger partial charge in [-0.15, -0.1) is 0 Å². The number of H-pyrrole nitrogens is 1. The second-order valence-electron chi connectivity index (χ2n) is 4.53. The SMILES string of the molecule is CN(C)c1ccc2[nH]c(-c3ccc(Cl)cc3)nc2n1. The molecular weight excluding hydrogens is 260 g/mol. The number of halogens is 1. The van der Waals surface area contributed by atoms with Crippen molar-refractivity contribution in [1.82, 2.24) is 15.0 Å². The molecule has 0 unspecified atom stereocenters. The lowest BCUT2D eigenvalue weighted by Crippen LogP contribution is -2.10. The molecule has 2 aromatic heterocycles. The average Bonchev–Trinajstić information content (AvgIpc) is 2.82. The molecule has 96 valence electrons. The van der Waals surface area contributed by atoms with Crippen molar-refractivity contribution in [3.05, 3.63) is 41.4 Å². The van der Waals surface area contributed by atoms with Crippen LogP contribution in [0, 0.1) is 0 Å². The zero-order chi connectivity index (χ0) is 13.4. The summed E-state index contributed by atoms with van der Waals surface area (Å²) in [6, 6.07) is 11.5. The van der Waals surface area contributed by atoms with Crippen LogP contribution in [0.15, 0.2) is 36.4 Å². The first kappa shape index (κ1) is 12.0. The van der Waals surface area contributed by atoms with Gasteiger partial charge in [0.2, 0.25) is 0 Å². The van der Waals surface area contributed by atoms with Crippen molar-refractivity contribution >= 4 is 28.6 Å². The standard InChI is InChI=1S/C14H13ClN4/c1-19(2)12-8-7-11-14(17-12)18-13(16-11)9-3-5-10(15)6-4-9/h3-8H,1-2H3,(H,16,17,18). The van der Waals surface area contributed by atoms with Gasteiger partial charge in [0, 0.05) is 24.7 Å². The molecule has 0 aliphatic rings. The highest BCUT2D eigenvalue weighted by Gasteiger charge is 2.07. The normalized spacial score (nSPS) is 10.9. The lowest BCUT2D eigenvalue weighted by atomic mass is 10.2. The molecule has 0 spiro atoms. The number of aromatic nitrogens is 3. The summed E-state index contributed by atoms with van der Waals surface area (Å²) >= 11 is 5.88. The summed E-state index contributed by atoms with van der Waals surface area (Å²) in [5.74, 6) is 1.69. The summed E-state index contributed by atoms with van der Waals surface area (Å²) in [6.07, 6.45) is 0. The Morgan fingerprint density at radius 1 is 1.00 bits per heavy atom. The Balaban J connectivity index is 2.08.